The van der Waals surface area contributed by atoms with Gasteiger partial charge < -0.3 is 9.80 Å². The maximum atomic E-state index is 14.6. The molecule has 0 bridgehead atoms. The van der Waals surface area contributed by atoms with Crippen LogP contribution >= 0.6 is 11.8 Å². The molecule has 1 aliphatic rings. The van der Waals surface area contributed by atoms with Gasteiger partial charge in [-0.15, -0.1) is 0 Å². The summed E-state index contributed by atoms with van der Waals surface area (Å²) in [6.07, 6.45) is 0.925. The van der Waals surface area contributed by atoms with Gasteiger partial charge in [-0.25, -0.2) is 9.37 Å². The van der Waals surface area contributed by atoms with Crippen molar-refractivity contribution < 1.29 is 14.1 Å². The van der Waals surface area contributed by atoms with Crippen molar-refractivity contribution in [2.75, 3.05) is 36.8 Å². The van der Waals surface area contributed by atoms with E-state index in [9.17, 15) is 24.1 Å². The van der Waals surface area contributed by atoms with Crippen LogP contribution in [-0.2, 0) is 4.79 Å². The summed E-state index contributed by atoms with van der Waals surface area (Å²) in [6.45, 7) is 2.44. The predicted octanol–water partition coefficient (Wildman–Crippen LogP) is 4.65. The Morgan fingerprint density at radius 1 is 0.974 bits per heavy atom. The first kappa shape index (κ1) is 26.4. The summed E-state index contributed by atoms with van der Waals surface area (Å²) in [7, 11) is 0. The van der Waals surface area contributed by atoms with Crippen LogP contribution in [0.3, 0.4) is 0 Å². The highest BCUT2D eigenvalue weighted by molar-refractivity contribution is 7.99. The second-order valence-electron chi connectivity index (χ2n) is 9.10. The Labute approximate surface area is 228 Å². The van der Waals surface area contributed by atoms with E-state index in [0.717, 1.165) is 5.69 Å². The minimum atomic E-state index is -0.512. The molecule has 0 saturated carbocycles. The second kappa shape index (κ2) is 11.6. The molecule has 0 N–H and O–H groups in total. The molecule has 0 radical (unpaired) electrons. The molecule has 200 valence electrons. The summed E-state index contributed by atoms with van der Waals surface area (Å²) in [4.78, 5) is 45.1. The fourth-order valence-electron chi connectivity index (χ4n) is 4.60. The zero-order chi connectivity index (χ0) is 27.4. The van der Waals surface area contributed by atoms with Crippen molar-refractivity contribution in [2.24, 2.45) is 0 Å². The number of piperazine rings is 1. The van der Waals surface area contributed by atoms with E-state index in [0.29, 0.717) is 60.8 Å². The zero-order valence-corrected chi connectivity index (χ0v) is 21.8. The maximum absolute atomic E-state index is 14.6. The lowest BCUT2D eigenvalue weighted by Gasteiger charge is -2.36. The summed E-state index contributed by atoms with van der Waals surface area (Å²) in [5, 5.41) is 11.7. The molecule has 1 amide bonds. The van der Waals surface area contributed by atoms with Gasteiger partial charge >= 0.3 is 0 Å². The molecule has 1 saturated heterocycles. The van der Waals surface area contributed by atoms with Crippen molar-refractivity contribution in [1.82, 2.24) is 14.5 Å². The number of carbonyl (C=O) groups is 1. The van der Waals surface area contributed by atoms with Crippen LogP contribution in [0.4, 0.5) is 15.8 Å². The summed E-state index contributed by atoms with van der Waals surface area (Å²) in [6, 6.07) is 19.5. The average molecular weight is 548 g/mol. The van der Waals surface area contributed by atoms with Crippen LogP contribution < -0.4 is 10.5 Å². The topological polar surface area (TPSA) is 102 Å². The molecule has 1 fully saturated rings. The van der Waals surface area contributed by atoms with Crippen molar-refractivity contribution >= 4 is 39.9 Å². The van der Waals surface area contributed by atoms with Gasteiger partial charge in [-0.2, -0.15) is 0 Å². The van der Waals surface area contributed by atoms with Gasteiger partial charge in [0.25, 0.3) is 11.2 Å². The van der Waals surface area contributed by atoms with E-state index in [-0.39, 0.29) is 22.8 Å². The van der Waals surface area contributed by atoms with E-state index >= 15 is 0 Å². The summed E-state index contributed by atoms with van der Waals surface area (Å²) in [5.41, 5.74) is 1.29. The number of non-ortho nitro benzene ring substituents is 1. The summed E-state index contributed by atoms with van der Waals surface area (Å²) >= 11 is 1.33. The molecule has 0 aliphatic carbocycles. The van der Waals surface area contributed by atoms with Crippen LogP contribution in [0, 0.1) is 15.9 Å². The number of carbonyl (C=O) groups excluding carboxylic acids is 1. The predicted molar refractivity (Wildman–Crippen MR) is 149 cm³/mol. The number of nitro benzene ring substituents is 1. The first-order chi connectivity index (χ1) is 18.9. The lowest BCUT2D eigenvalue weighted by atomic mass is 10.2. The normalized spacial score (nSPS) is 13.6. The minimum absolute atomic E-state index is 0.0511. The molecular formula is C28H26FN5O4S. The highest BCUT2D eigenvalue weighted by Crippen LogP contribution is 2.24. The number of aromatic nitrogens is 2. The number of amides is 1. The van der Waals surface area contributed by atoms with Gasteiger partial charge in [-0.05, 0) is 42.8 Å². The lowest BCUT2D eigenvalue weighted by molar-refractivity contribution is -0.384. The highest BCUT2D eigenvalue weighted by Gasteiger charge is 2.22. The molecule has 9 nitrogen and oxygen atoms in total. The van der Waals surface area contributed by atoms with Gasteiger partial charge in [-0.1, -0.05) is 36.0 Å². The molecular weight excluding hydrogens is 521 g/mol. The fraction of sp³-hybridized carbons (Fsp3) is 0.250. The number of halogens is 1. The van der Waals surface area contributed by atoms with E-state index in [1.165, 1.54) is 34.5 Å². The number of fused-ring (bicyclic) bond motifs is 1. The van der Waals surface area contributed by atoms with E-state index in [1.807, 2.05) is 4.90 Å². The van der Waals surface area contributed by atoms with Gasteiger partial charge in [0.05, 0.1) is 21.5 Å². The molecule has 11 heteroatoms. The van der Waals surface area contributed by atoms with Crippen LogP contribution in [0.2, 0.25) is 0 Å². The van der Waals surface area contributed by atoms with Gasteiger partial charge in [0.1, 0.15) is 5.82 Å². The Hall–Kier alpha value is -4.25. The Balaban J connectivity index is 1.19. The SMILES string of the molecule is O=C(CCCSc1nc2ccccc2c(=O)n1-c1ccccc1F)N1CCN(c2ccc([N+](=O)[O-])cc2)CC1. The lowest BCUT2D eigenvalue weighted by Crippen LogP contribution is -2.48. The van der Waals surface area contributed by atoms with Crippen LogP contribution in [0.25, 0.3) is 16.6 Å². The number of anilines is 1. The average Bonchev–Trinajstić information content (AvgIpc) is 2.96. The molecule has 1 aromatic heterocycles. The van der Waals surface area contributed by atoms with Crippen molar-refractivity contribution in [3.8, 4) is 5.69 Å². The number of nitro groups is 1. The Kier molecular flexibility index (Phi) is 7.87. The summed E-state index contributed by atoms with van der Waals surface area (Å²) in [5.74, 6) is 0.0757. The van der Waals surface area contributed by atoms with E-state index < -0.39 is 10.7 Å². The number of benzene rings is 3. The molecule has 0 atom stereocenters. The number of para-hydroxylation sites is 2. The number of nitrogens with zero attached hydrogens (tertiary/aromatic N) is 5. The number of hydrogen-bond donors (Lipinski definition) is 0. The van der Waals surface area contributed by atoms with Crippen LogP contribution in [0.5, 0.6) is 0 Å². The number of rotatable bonds is 8. The van der Waals surface area contributed by atoms with Crippen molar-refractivity contribution in [3.63, 3.8) is 0 Å². The molecule has 0 unspecified atom stereocenters. The third-order valence-corrected chi connectivity index (χ3v) is 7.69. The van der Waals surface area contributed by atoms with Crippen LogP contribution in [0.15, 0.2) is 82.7 Å². The molecule has 3 aromatic carbocycles. The van der Waals surface area contributed by atoms with Crippen LogP contribution in [-0.4, -0.2) is 57.2 Å². The minimum Gasteiger partial charge on any atom is -0.368 e. The fourth-order valence-corrected chi connectivity index (χ4v) is 5.54. The van der Waals surface area contributed by atoms with E-state index in [2.05, 4.69) is 9.88 Å². The second-order valence-corrected chi connectivity index (χ2v) is 10.2. The third kappa shape index (κ3) is 5.78. The van der Waals surface area contributed by atoms with E-state index in [4.69, 9.17) is 0 Å². The number of thioether (sulfide) groups is 1. The van der Waals surface area contributed by atoms with Gasteiger partial charge in [0, 0.05) is 56.2 Å². The first-order valence-electron chi connectivity index (χ1n) is 12.6. The van der Waals surface area contributed by atoms with Crippen LogP contribution in [0.1, 0.15) is 12.8 Å². The van der Waals surface area contributed by atoms with Crippen molar-refractivity contribution in [2.45, 2.75) is 18.0 Å². The van der Waals surface area contributed by atoms with Gasteiger partial charge in [0.15, 0.2) is 5.16 Å². The first-order valence-corrected chi connectivity index (χ1v) is 13.6. The molecule has 0 spiro atoms. The smallest absolute Gasteiger partial charge is 0.269 e. The van der Waals surface area contributed by atoms with Gasteiger partial charge in [0.2, 0.25) is 5.91 Å². The van der Waals surface area contributed by atoms with E-state index in [1.54, 1.807) is 54.6 Å². The van der Waals surface area contributed by atoms with Crippen molar-refractivity contribution in [3.05, 3.63) is 99.1 Å². The highest BCUT2D eigenvalue weighted by atomic mass is 32.2. The largest absolute Gasteiger partial charge is 0.368 e. The standard InChI is InChI=1S/C28H26FN5O4S/c29-23-7-2-4-9-25(23)33-27(36)22-6-1-3-8-24(22)30-28(33)39-19-5-10-26(35)32-17-15-31(16-18-32)20-11-13-21(14-12-20)34(37)38/h1-4,6-9,11-14H,5,10,15-19H2. The molecule has 5 rings (SSSR count). The molecule has 1 aliphatic heterocycles. The van der Waals surface area contributed by atoms with Gasteiger partial charge in [-0.3, -0.25) is 24.3 Å². The monoisotopic (exact) mass is 547 g/mol. The molecule has 4 aromatic rings. The molecule has 39 heavy (non-hydrogen) atoms. The molecule has 2 heterocycles. The Morgan fingerprint density at radius 3 is 2.38 bits per heavy atom. The third-order valence-electron chi connectivity index (χ3n) is 6.66. The quantitative estimate of drug-likeness (QED) is 0.104. The zero-order valence-electron chi connectivity index (χ0n) is 21.0. The Morgan fingerprint density at radius 2 is 1.67 bits per heavy atom. The number of hydrogen-bond acceptors (Lipinski definition) is 7. The maximum Gasteiger partial charge on any atom is 0.269 e. The summed E-state index contributed by atoms with van der Waals surface area (Å²) < 4.78 is 16.0. The Bertz CT molecular complexity index is 1570. The van der Waals surface area contributed by atoms with Crippen molar-refractivity contribution in [1.29, 1.82) is 0 Å².